The third-order valence-electron chi connectivity index (χ3n) is 2.67. The number of benzene rings is 1. The smallest absolute Gasteiger partial charge is 0.196 e. The summed E-state index contributed by atoms with van der Waals surface area (Å²) in [5.41, 5.74) is 3.37. The highest BCUT2D eigenvalue weighted by molar-refractivity contribution is 6.09. The van der Waals surface area contributed by atoms with Crippen LogP contribution in [0, 0.1) is 13.8 Å². The minimum Gasteiger partial charge on any atom is -0.288 e. The molecule has 0 unspecified atom stereocenters. The van der Waals surface area contributed by atoms with Gasteiger partial charge in [-0.2, -0.15) is 0 Å². The van der Waals surface area contributed by atoms with Gasteiger partial charge in [0.15, 0.2) is 5.78 Å². The number of carbonyl (C=O) groups is 1. The molecule has 0 amide bonds. The second-order valence-corrected chi connectivity index (χ2v) is 3.70. The zero-order valence-corrected chi connectivity index (χ0v) is 9.27. The normalized spacial score (nSPS) is 10.1. The van der Waals surface area contributed by atoms with Crippen LogP contribution in [0.4, 0.5) is 0 Å². The molecule has 2 aromatic rings. The minimum absolute atomic E-state index is 0.0261. The first kappa shape index (κ1) is 10.5. The topological polar surface area (TPSA) is 42.9 Å². The molecule has 0 aliphatic carbocycles. The first-order valence-electron chi connectivity index (χ1n) is 5.06. The fourth-order valence-corrected chi connectivity index (χ4v) is 1.57. The number of hydrogen-bond acceptors (Lipinski definition) is 3. The summed E-state index contributed by atoms with van der Waals surface area (Å²) in [5.74, 6) is -0.0261. The molecular formula is C13H12N2O. The van der Waals surface area contributed by atoms with Gasteiger partial charge in [-0.3, -0.25) is 4.79 Å². The summed E-state index contributed by atoms with van der Waals surface area (Å²) in [7, 11) is 0. The van der Waals surface area contributed by atoms with Crippen molar-refractivity contribution in [3.8, 4) is 0 Å². The third kappa shape index (κ3) is 1.84. The number of carbonyl (C=O) groups excluding carboxylic acids is 1. The second kappa shape index (κ2) is 4.23. The Labute approximate surface area is 94.2 Å². The molecule has 3 heteroatoms. The van der Waals surface area contributed by atoms with E-state index in [2.05, 4.69) is 9.97 Å². The molecule has 0 aliphatic rings. The molecule has 2 rings (SSSR count). The van der Waals surface area contributed by atoms with E-state index in [0.717, 1.165) is 16.7 Å². The van der Waals surface area contributed by atoms with Gasteiger partial charge in [0, 0.05) is 18.0 Å². The van der Waals surface area contributed by atoms with E-state index in [0.29, 0.717) is 5.56 Å². The highest BCUT2D eigenvalue weighted by Crippen LogP contribution is 2.16. The third-order valence-corrected chi connectivity index (χ3v) is 2.67. The van der Waals surface area contributed by atoms with Crippen LogP contribution in [0.15, 0.2) is 36.9 Å². The van der Waals surface area contributed by atoms with Gasteiger partial charge in [-0.05, 0) is 25.0 Å². The van der Waals surface area contributed by atoms with E-state index in [1.807, 2.05) is 32.0 Å². The molecule has 1 aromatic carbocycles. The van der Waals surface area contributed by atoms with Gasteiger partial charge in [-0.25, -0.2) is 9.97 Å². The van der Waals surface area contributed by atoms with Gasteiger partial charge < -0.3 is 0 Å². The van der Waals surface area contributed by atoms with E-state index in [9.17, 15) is 4.79 Å². The van der Waals surface area contributed by atoms with Crippen LogP contribution in [0.3, 0.4) is 0 Å². The van der Waals surface area contributed by atoms with Crippen LogP contribution in [-0.4, -0.2) is 15.8 Å². The van der Waals surface area contributed by atoms with E-state index < -0.39 is 0 Å². The van der Waals surface area contributed by atoms with Crippen molar-refractivity contribution in [2.45, 2.75) is 13.8 Å². The lowest BCUT2D eigenvalue weighted by atomic mass is 9.97. The molecule has 0 radical (unpaired) electrons. The molecule has 0 aliphatic heterocycles. The van der Waals surface area contributed by atoms with Crippen molar-refractivity contribution in [3.05, 3.63) is 59.2 Å². The number of ketones is 1. The van der Waals surface area contributed by atoms with Crippen molar-refractivity contribution >= 4 is 5.78 Å². The summed E-state index contributed by atoms with van der Waals surface area (Å²) in [4.78, 5) is 19.8. The Morgan fingerprint density at radius 1 is 1.12 bits per heavy atom. The first-order chi connectivity index (χ1) is 7.70. The Balaban J connectivity index is 2.46. The molecule has 0 saturated heterocycles. The Kier molecular flexibility index (Phi) is 2.77. The summed E-state index contributed by atoms with van der Waals surface area (Å²) in [6, 6.07) is 5.71. The van der Waals surface area contributed by atoms with Crippen LogP contribution in [0.25, 0.3) is 0 Å². The number of aromatic nitrogens is 2. The van der Waals surface area contributed by atoms with Crippen molar-refractivity contribution < 1.29 is 4.79 Å². The summed E-state index contributed by atoms with van der Waals surface area (Å²) in [5, 5.41) is 0. The summed E-state index contributed by atoms with van der Waals surface area (Å²) >= 11 is 0. The summed E-state index contributed by atoms with van der Waals surface area (Å²) in [6.45, 7) is 3.94. The molecule has 0 fully saturated rings. The van der Waals surface area contributed by atoms with E-state index in [-0.39, 0.29) is 5.78 Å². The molecule has 0 saturated carbocycles. The molecule has 3 nitrogen and oxygen atoms in total. The Hall–Kier alpha value is -2.03. The van der Waals surface area contributed by atoms with E-state index in [4.69, 9.17) is 0 Å². The lowest BCUT2D eigenvalue weighted by Crippen LogP contribution is -2.05. The predicted molar refractivity (Wildman–Crippen MR) is 61.4 cm³/mol. The van der Waals surface area contributed by atoms with Crippen molar-refractivity contribution in [3.63, 3.8) is 0 Å². The minimum atomic E-state index is -0.0261. The van der Waals surface area contributed by atoms with Gasteiger partial charge in [-0.15, -0.1) is 0 Å². The number of nitrogens with zero attached hydrogens (tertiary/aromatic N) is 2. The second-order valence-electron chi connectivity index (χ2n) is 3.70. The maximum absolute atomic E-state index is 12.1. The van der Waals surface area contributed by atoms with Crippen LogP contribution in [0.1, 0.15) is 27.0 Å². The van der Waals surface area contributed by atoms with Gasteiger partial charge in [0.2, 0.25) is 0 Å². The fourth-order valence-electron chi connectivity index (χ4n) is 1.57. The highest BCUT2D eigenvalue weighted by atomic mass is 16.1. The summed E-state index contributed by atoms with van der Waals surface area (Å²) in [6.07, 6.45) is 4.49. The van der Waals surface area contributed by atoms with Crippen LogP contribution >= 0.6 is 0 Å². The maximum atomic E-state index is 12.1. The first-order valence-corrected chi connectivity index (χ1v) is 5.06. The Bertz CT molecular complexity index is 521. The van der Waals surface area contributed by atoms with Gasteiger partial charge in [0.25, 0.3) is 0 Å². The Morgan fingerprint density at radius 3 is 2.50 bits per heavy atom. The quantitative estimate of drug-likeness (QED) is 0.717. The molecule has 0 spiro atoms. The van der Waals surface area contributed by atoms with Crippen LogP contribution in [0.5, 0.6) is 0 Å². The number of aryl methyl sites for hydroxylation is 1. The number of hydrogen-bond donors (Lipinski definition) is 0. The average Bonchev–Trinajstić information content (AvgIpc) is 2.33. The molecule has 80 valence electrons. The molecule has 0 atom stereocenters. The van der Waals surface area contributed by atoms with E-state index in [1.165, 1.54) is 18.7 Å². The van der Waals surface area contributed by atoms with Crippen molar-refractivity contribution in [1.29, 1.82) is 0 Å². The standard InChI is InChI=1S/C13H12N2O/c1-9-4-3-5-12(10(9)2)13(16)11-6-14-8-15-7-11/h3-8H,1-2H3. The molecule has 0 bridgehead atoms. The molecule has 1 aromatic heterocycles. The van der Waals surface area contributed by atoms with Crippen molar-refractivity contribution in [2.75, 3.05) is 0 Å². The lowest BCUT2D eigenvalue weighted by molar-refractivity contribution is 0.103. The average molecular weight is 212 g/mol. The van der Waals surface area contributed by atoms with Crippen molar-refractivity contribution in [1.82, 2.24) is 9.97 Å². The molecule has 0 N–H and O–H groups in total. The number of rotatable bonds is 2. The SMILES string of the molecule is Cc1cccc(C(=O)c2cncnc2)c1C. The van der Waals surface area contributed by atoms with Crippen LogP contribution < -0.4 is 0 Å². The highest BCUT2D eigenvalue weighted by Gasteiger charge is 2.12. The monoisotopic (exact) mass is 212 g/mol. The van der Waals surface area contributed by atoms with Crippen LogP contribution in [0.2, 0.25) is 0 Å². The maximum Gasteiger partial charge on any atom is 0.196 e. The van der Waals surface area contributed by atoms with Crippen LogP contribution in [-0.2, 0) is 0 Å². The lowest BCUT2D eigenvalue weighted by Gasteiger charge is -2.06. The fraction of sp³-hybridized carbons (Fsp3) is 0.154. The molecular weight excluding hydrogens is 200 g/mol. The van der Waals surface area contributed by atoms with Gasteiger partial charge >= 0.3 is 0 Å². The molecule has 1 heterocycles. The predicted octanol–water partition coefficient (Wildman–Crippen LogP) is 2.32. The van der Waals surface area contributed by atoms with Gasteiger partial charge in [0.1, 0.15) is 6.33 Å². The van der Waals surface area contributed by atoms with E-state index in [1.54, 1.807) is 0 Å². The Morgan fingerprint density at radius 2 is 1.81 bits per heavy atom. The van der Waals surface area contributed by atoms with E-state index >= 15 is 0 Å². The molecule has 16 heavy (non-hydrogen) atoms. The van der Waals surface area contributed by atoms with Crippen molar-refractivity contribution in [2.24, 2.45) is 0 Å². The largest absolute Gasteiger partial charge is 0.288 e. The zero-order chi connectivity index (χ0) is 11.5. The zero-order valence-electron chi connectivity index (χ0n) is 9.27. The van der Waals surface area contributed by atoms with Gasteiger partial charge in [0.05, 0.1) is 5.56 Å². The van der Waals surface area contributed by atoms with Gasteiger partial charge in [-0.1, -0.05) is 18.2 Å². The summed E-state index contributed by atoms with van der Waals surface area (Å²) < 4.78 is 0.